The van der Waals surface area contributed by atoms with Gasteiger partial charge in [0.1, 0.15) is 0 Å². The third-order valence-electron chi connectivity index (χ3n) is 3.29. The molecule has 1 aromatic rings. The van der Waals surface area contributed by atoms with Gasteiger partial charge in [0, 0.05) is 22.5 Å². The molecular formula is C13H18BrNO2. The zero-order valence-electron chi connectivity index (χ0n) is 10.5. The molecular weight excluding hydrogens is 282 g/mol. The number of rotatable bonds is 3. The van der Waals surface area contributed by atoms with E-state index >= 15 is 0 Å². The smallest absolute Gasteiger partial charge is 0.165 e. The van der Waals surface area contributed by atoms with Crippen molar-refractivity contribution >= 4 is 15.9 Å². The summed E-state index contributed by atoms with van der Waals surface area (Å²) in [7, 11) is 3.38. The Labute approximate surface area is 111 Å². The summed E-state index contributed by atoms with van der Waals surface area (Å²) in [5, 5.41) is 3.39. The molecule has 1 fully saturated rings. The summed E-state index contributed by atoms with van der Waals surface area (Å²) in [4.78, 5) is 0. The van der Waals surface area contributed by atoms with E-state index in [1.165, 1.54) is 11.1 Å². The minimum absolute atomic E-state index is 0.494. The molecule has 0 spiro atoms. The van der Waals surface area contributed by atoms with Crippen molar-refractivity contribution in [3.05, 3.63) is 21.7 Å². The van der Waals surface area contributed by atoms with Gasteiger partial charge in [-0.2, -0.15) is 0 Å². The number of hydrogen-bond donors (Lipinski definition) is 1. The van der Waals surface area contributed by atoms with Gasteiger partial charge in [0.25, 0.3) is 0 Å². The first-order chi connectivity index (χ1) is 8.19. The lowest BCUT2D eigenvalue weighted by Crippen LogP contribution is -2.10. The molecule has 0 aromatic heterocycles. The maximum Gasteiger partial charge on any atom is 0.165 e. The maximum atomic E-state index is 5.53. The highest BCUT2D eigenvalue weighted by molar-refractivity contribution is 9.10. The lowest BCUT2D eigenvalue weighted by atomic mass is 9.95. The van der Waals surface area contributed by atoms with Gasteiger partial charge in [0.15, 0.2) is 11.5 Å². The van der Waals surface area contributed by atoms with E-state index in [0.717, 1.165) is 35.5 Å². The Morgan fingerprint density at radius 3 is 2.65 bits per heavy atom. The molecule has 3 nitrogen and oxygen atoms in total. The van der Waals surface area contributed by atoms with Crippen molar-refractivity contribution in [3.63, 3.8) is 0 Å². The van der Waals surface area contributed by atoms with Gasteiger partial charge in [-0.3, -0.25) is 0 Å². The molecule has 17 heavy (non-hydrogen) atoms. The molecule has 0 saturated carbocycles. The molecule has 1 aromatic carbocycles. The molecule has 1 heterocycles. The Morgan fingerprint density at radius 2 is 2.12 bits per heavy atom. The van der Waals surface area contributed by atoms with Crippen LogP contribution in [0.15, 0.2) is 10.5 Å². The topological polar surface area (TPSA) is 30.5 Å². The van der Waals surface area contributed by atoms with E-state index in [-0.39, 0.29) is 0 Å². The largest absolute Gasteiger partial charge is 0.493 e. The van der Waals surface area contributed by atoms with Crippen molar-refractivity contribution in [2.24, 2.45) is 0 Å². The number of aryl methyl sites for hydroxylation is 1. The first-order valence-electron chi connectivity index (χ1n) is 5.80. The summed E-state index contributed by atoms with van der Waals surface area (Å²) in [6, 6.07) is 2.01. The van der Waals surface area contributed by atoms with Crippen LogP contribution in [0.3, 0.4) is 0 Å². The van der Waals surface area contributed by atoms with Crippen molar-refractivity contribution in [1.29, 1.82) is 0 Å². The van der Waals surface area contributed by atoms with Crippen molar-refractivity contribution in [2.75, 3.05) is 27.3 Å². The Hall–Kier alpha value is -0.740. The lowest BCUT2D eigenvalue weighted by molar-refractivity contribution is 0.349. The normalized spacial score (nSPS) is 19.4. The summed E-state index contributed by atoms with van der Waals surface area (Å²) in [5.41, 5.74) is 2.42. The first-order valence-corrected chi connectivity index (χ1v) is 6.60. The van der Waals surface area contributed by atoms with E-state index in [4.69, 9.17) is 9.47 Å². The molecule has 2 rings (SSSR count). The van der Waals surface area contributed by atoms with Crippen LogP contribution in [-0.2, 0) is 0 Å². The minimum atomic E-state index is 0.494. The second-order valence-electron chi connectivity index (χ2n) is 4.35. The minimum Gasteiger partial charge on any atom is -0.493 e. The predicted octanol–water partition coefficient (Wildman–Crippen LogP) is 2.85. The summed E-state index contributed by atoms with van der Waals surface area (Å²) < 4.78 is 12.1. The van der Waals surface area contributed by atoms with Gasteiger partial charge in [-0.25, -0.2) is 0 Å². The summed E-state index contributed by atoms with van der Waals surface area (Å²) in [6.07, 6.45) is 1.14. The van der Waals surface area contributed by atoms with Crippen LogP contribution in [0, 0.1) is 6.92 Å². The number of hydrogen-bond acceptors (Lipinski definition) is 3. The van der Waals surface area contributed by atoms with E-state index in [1.807, 2.05) is 6.07 Å². The van der Waals surface area contributed by atoms with E-state index in [1.54, 1.807) is 14.2 Å². The van der Waals surface area contributed by atoms with Crippen molar-refractivity contribution in [1.82, 2.24) is 5.32 Å². The number of methoxy groups -OCH3 is 2. The van der Waals surface area contributed by atoms with Gasteiger partial charge in [0.2, 0.25) is 0 Å². The van der Waals surface area contributed by atoms with E-state index in [2.05, 4.69) is 28.2 Å². The Balaban J connectivity index is 2.56. The average molecular weight is 300 g/mol. The number of benzene rings is 1. The van der Waals surface area contributed by atoms with Crippen molar-refractivity contribution in [3.8, 4) is 11.5 Å². The number of nitrogens with one attached hydrogen (secondary N) is 1. The predicted molar refractivity (Wildman–Crippen MR) is 72.2 cm³/mol. The van der Waals surface area contributed by atoms with Gasteiger partial charge >= 0.3 is 0 Å². The van der Waals surface area contributed by atoms with E-state index in [0.29, 0.717) is 5.92 Å². The molecule has 1 atom stereocenters. The molecule has 1 unspecified atom stereocenters. The summed E-state index contributed by atoms with van der Waals surface area (Å²) in [5.74, 6) is 2.17. The molecule has 0 amide bonds. The van der Waals surface area contributed by atoms with E-state index < -0.39 is 0 Å². The first kappa shape index (κ1) is 12.7. The Morgan fingerprint density at radius 1 is 1.35 bits per heavy atom. The molecule has 0 radical (unpaired) electrons. The molecule has 1 aliphatic rings. The van der Waals surface area contributed by atoms with Gasteiger partial charge in [-0.1, -0.05) is 15.9 Å². The van der Waals surface area contributed by atoms with Crippen LogP contribution in [0.25, 0.3) is 0 Å². The zero-order chi connectivity index (χ0) is 12.4. The quantitative estimate of drug-likeness (QED) is 0.931. The molecule has 1 saturated heterocycles. The fourth-order valence-electron chi connectivity index (χ4n) is 2.40. The van der Waals surface area contributed by atoms with Crippen LogP contribution in [-0.4, -0.2) is 27.3 Å². The number of halogens is 1. The second kappa shape index (κ2) is 5.27. The van der Waals surface area contributed by atoms with Crippen LogP contribution in [0.2, 0.25) is 0 Å². The van der Waals surface area contributed by atoms with Crippen LogP contribution in [0.5, 0.6) is 11.5 Å². The molecule has 1 N–H and O–H groups in total. The van der Waals surface area contributed by atoms with Crippen LogP contribution in [0.4, 0.5) is 0 Å². The molecule has 0 aliphatic carbocycles. The summed E-state index contributed by atoms with van der Waals surface area (Å²) >= 11 is 3.68. The molecule has 4 heteroatoms. The highest BCUT2D eigenvalue weighted by atomic mass is 79.9. The Bertz CT molecular complexity index is 414. The van der Waals surface area contributed by atoms with Crippen LogP contribution >= 0.6 is 15.9 Å². The average Bonchev–Trinajstić information content (AvgIpc) is 2.85. The highest BCUT2D eigenvalue weighted by Gasteiger charge is 2.26. The molecule has 0 bridgehead atoms. The second-order valence-corrected chi connectivity index (χ2v) is 5.14. The van der Waals surface area contributed by atoms with Gasteiger partial charge < -0.3 is 14.8 Å². The fraction of sp³-hybridized carbons (Fsp3) is 0.538. The summed E-state index contributed by atoms with van der Waals surface area (Å²) in [6.45, 7) is 4.15. The number of ether oxygens (including phenoxy) is 2. The third-order valence-corrected chi connectivity index (χ3v) is 4.34. The lowest BCUT2D eigenvalue weighted by Gasteiger charge is -2.20. The maximum absolute atomic E-state index is 5.53. The van der Waals surface area contributed by atoms with Crippen LogP contribution in [0.1, 0.15) is 23.5 Å². The standard InChI is InChI=1S/C13H18BrNO2/c1-8-6-10(16-2)13(17-3)11(12(8)14)9-4-5-15-7-9/h6,9,15H,4-5,7H2,1-3H3. The molecule has 1 aliphatic heterocycles. The van der Waals surface area contributed by atoms with Crippen LogP contribution < -0.4 is 14.8 Å². The van der Waals surface area contributed by atoms with E-state index in [9.17, 15) is 0 Å². The fourth-order valence-corrected chi connectivity index (χ4v) is 3.02. The van der Waals surface area contributed by atoms with Crippen molar-refractivity contribution in [2.45, 2.75) is 19.3 Å². The highest BCUT2D eigenvalue weighted by Crippen LogP contribution is 2.44. The van der Waals surface area contributed by atoms with Gasteiger partial charge in [-0.15, -0.1) is 0 Å². The molecule has 94 valence electrons. The SMILES string of the molecule is COc1cc(C)c(Br)c(C2CCNC2)c1OC. The van der Waals surface area contributed by atoms with Crippen molar-refractivity contribution < 1.29 is 9.47 Å². The Kier molecular flexibility index (Phi) is 3.94. The third kappa shape index (κ3) is 2.29. The zero-order valence-corrected chi connectivity index (χ0v) is 12.1. The monoisotopic (exact) mass is 299 g/mol. The van der Waals surface area contributed by atoms with Gasteiger partial charge in [-0.05, 0) is 31.5 Å². The van der Waals surface area contributed by atoms with Gasteiger partial charge in [0.05, 0.1) is 14.2 Å².